The molecule has 0 aliphatic heterocycles. The molecule has 0 aromatic heterocycles. The standard InChI is InChI=1S/C28H41ClO4/c29-26-21-24(27(30)32-19-9-5-1-3-7-11-22-13-14-22)17-18-25(26)28(31)33-20-10-6-2-4-8-12-23-15-16-23/h17-18,21-23H,1-16,19-20H2. The second-order valence-electron chi connectivity index (χ2n) is 9.97. The smallest absolute Gasteiger partial charge is 0.339 e. The Hall–Kier alpha value is -1.55. The number of esters is 2. The number of carbonyl (C=O) groups is 2. The van der Waals surface area contributed by atoms with Gasteiger partial charge in [0, 0.05) is 0 Å². The molecule has 2 aliphatic rings. The summed E-state index contributed by atoms with van der Waals surface area (Å²) < 4.78 is 10.7. The first-order valence-electron chi connectivity index (χ1n) is 13.3. The van der Waals surface area contributed by atoms with Gasteiger partial charge in [-0.25, -0.2) is 9.59 Å². The van der Waals surface area contributed by atoms with Gasteiger partial charge in [0.2, 0.25) is 0 Å². The van der Waals surface area contributed by atoms with Crippen LogP contribution in [0.1, 0.15) is 123 Å². The predicted molar refractivity (Wildman–Crippen MR) is 133 cm³/mol. The van der Waals surface area contributed by atoms with Crippen LogP contribution >= 0.6 is 11.6 Å². The van der Waals surface area contributed by atoms with Crippen molar-refractivity contribution < 1.29 is 19.1 Å². The van der Waals surface area contributed by atoms with Crippen LogP contribution in [-0.2, 0) is 9.47 Å². The molecule has 0 saturated heterocycles. The van der Waals surface area contributed by atoms with Crippen molar-refractivity contribution in [3.63, 3.8) is 0 Å². The van der Waals surface area contributed by atoms with E-state index in [1.807, 2.05) is 0 Å². The van der Waals surface area contributed by atoms with Crippen molar-refractivity contribution in [2.75, 3.05) is 13.2 Å². The Morgan fingerprint density at radius 2 is 1.18 bits per heavy atom. The molecule has 33 heavy (non-hydrogen) atoms. The molecule has 4 nitrogen and oxygen atoms in total. The number of rotatable bonds is 18. The molecule has 2 fully saturated rings. The summed E-state index contributed by atoms with van der Waals surface area (Å²) in [5.74, 6) is 1.20. The zero-order valence-electron chi connectivity index (χ0n) is 20.1. The number of halogens is 1. The summed E-state index contributed by atoms with van der Waals surface area (Å²) in [6.07, 6.45) is 20.0. The first-order valence-corrected chi connectivity index (χ1v) is 13.6. The zero-order valence-corrected chi connectivity index (χ0v) is 20.9. The Balaban J connectivity index is 1.23. The molecular formula is C28H41ClO4. The molecule has 1 aromatic rings. The van der Waals surface area contributed by atoms with E-state index in [0.717, 1.165) is 37.5 Å². The molecule has 0 spiro atoms. The second kappa shape index (κ2) is 14.7. The number of carbonyl (C=O) groups excluding carboxylic acids is 2. The lowest BCUT2D eigenvalue weighted by Gasteiger charge is -2.09. The number of hydrogen-bond donors (Lipinski definition) is 0. The molecule has 0 amide bonds. The number of benzene rings is 1. The third kappa shape index (κ3) is 10.9. The highest BCUT2D eigenvalue weighted by Gasteiger charge is 2.20. The van der Waals surface area contributed by atoms with Gasteiger partial charge in [-0.2, -0.15) is 0 Å². The number of ether oxygens (including phenoxy) is 2. The second-order valence-corrected chi connectivity index (χ2v) is 10.4. The van der Waals surface area contributed by atoms with Crippen LogP contribution in [0.5, 0.6) is 0 Å². The summed E-state index contributed by atoms with van der Waals surface area (Å²) in [6.45, 7) is 0.825. The molecule has 0 unspecified atom stereocenters. The largest absolute Gasteiger partial charge is 0.462 e. The number of unbranched alkanes of at least 4 members (excludes halogenated alkanes) is 8. The predicted octanol–water partition coefficient (Wildman–Crippen LogP) is 8.15. The molecule has 0 bridgehead atoms. The molecule has 0 radical (unpaired) electrons. The van der Waals surface area contributed by atoms with Crippen molar-refractivity contribution in [1.29, 1.82) is 0 Å². The Labute approximate surface area is 204 Å². The minimum atomic E-state index is -0.435. The van der Waals surface area contributed by atoms with Gasteiger partial charge in [0.15, 0.2) is 0 Å². The molecule has 0 heterocycles. The summed E-state index contributed by atoms with van der Waals surface area (Å²) in [4.78, 5) is 24.6. The maximum absolute atomic E-state index is 12.3. The van der Waals surface area contributed by atoms with Gasteiger partial charge in [0.1, 0.15) is 0 Å². The molecule has 0 N–H and O–H groups in total. The molecule has 5 heteroatoms. The van der Waals surface area contributed by atoms with E-state index in [-0.39, 0.29) is 5.02 Å². The zero-order chi connectivity index (χ0) is 23.3. The van der Waals surface area contributed by atoms with Crippen LogP contribution in [-0.4, -0.2) is 25.2 Å². The molecule has 0 atom stereocenters. The van der Waals surface area contributed by atoms with Gasteiger partial charge >= 0.3 is 11.9 Å². The average molecular weight is 477 g/mol. The van der Waals surface area contributed by atoms with E-state index in [1.54, 1.807) is 12.1 Å². The summed E-state index contributed by atoms with van der Waals surface area (Å²) in [5.41, 5.74) is 0.663. The van der Waals surface area contributed by atoms with E-state index in [1.165, 1.54) is 83.1 Å². The summed E-state index contributed by atoms with van der Waals surface area (Å²) >= 11 is 6.25. The van der Waals surface area contributed by atoms with E-state index in [9.17, 15) is 9.59 Å². The third-order valence-corrected chi connectivity index (χ3v) is 7.11. The number of hydrogen-bond acceptors (Lipinski definition) is 4. The van der Waals surface area contributed by atoms with Gasteiger partial charge in [-0.15, -0.1) is 0 Å². The van der Waals surface area contributed by atoms with Gasteiger partial charge in [-0.3, -0.25) is 0 Å². The van der Waals surface area contributed by atoms with Crippen molar-refractivity contribution in [2.45, 2.75) is 103 Å². The van der Waals surface area contributed by atoms with Crippen LogP contribution < -0.4 is 0 Å². The Morgan fingerprint density at radius 3 is 1.70 bits per heavy atom. The van der Waals surface area contributed by atoms with Crippen molar-refractivity contribution in [2.24, 2.45) is 11.8 Å². The van der Waals surface area contributed by atoms with Gasteiger partial charge in [0.25, 0.3) is 0 Å². The highest BCUT2D eigenvalue weighted by molar-refractivity contribution is 6.33. The van der Waals surface area contributed by atoms with Gasteiger partial charge in [-0.05, 0) is 42.9 Å². The van der Waals surface area contributed by atoms with Gasteiger partial charge in [-0.1, -0.05) is 101 Å². The van der Waals surface area contributed by atoms with E-state index in [4.69, 9.17) is 21.1 Å². The highest BCUT2D eigenvalue weighted by Crippen LogP contribution is 2.34. The van der Waals surface area contributed by atoms with Gasteiger partial charge in [0.05, 0.1) is 29.4 Å². The summed E-state index contributed by atoms with van der Waals surface area (Å²) in [7, 11) is 0. The van der Waals surface area contributed by atoms with Crippen molar-refractivity contribution in [3.8, 4) is 0 Å². The van der Waals surface area contributed by atoms with Crippen LogP contribution in [0.25, 0.3) is 0 Å². The van der Waals surface area contributed by atoms with Crippen LogP contribution in [0.4, 0.5) is 0 Å². The SMILES string of the molecule is O=C(OCCCCCCCC1CC1)c1ccc(C(=O)OCCCCCCCC2CC2)c(Cl)c1. The Bertz CT molecular complexity index is 739. The Kier molecular flexibility index (Phi) is 11.6. The molecule has 2 aliphatic carbocycles. The lowest BCUT2D eigenvalue weighted by atomic mass is 10.1. The fraction of sp³-hybridized carbons (Fsp3) is 0.714. The van der Waals surface area contributed by atoms with Crippen molar-refractivity contribution in [3.05, 3.63) is 34.3 Å². The van der Waals surface area contributed by atoms with Crippen molar-refractivity contribution in [1.82, 2.24) is 0 Å². The summed E-state index contributed by atoms with van der Waals surface area (Å²) in [6, 6.07) is 4.64. The minimum Gasteiger partial charge on any atom is -0.462 e. The first-order chi connectivity index (χ1) is 16.1. The maximum Gasteiger partial charge on any atom is 0.339 e. The van der Waals surface area contributed by atoms with E-state index < -0.39 is 11.9 Å². The fourth-order valence-corrected chi connectivity index (χ4v) is 4.50. The molecule has 1 aromatic carbocycles. The topological polar surface area (TPSA) is 52.6 Å². The van der Waals surface area contributed by atoms with E-state index in [0.29, 0.717) is 24.3 Å². The lowest BCUT2D eigenvalue weighted by molar-refractivity contribution is 0.0483. The summed E-state index contributed by atoms with van der Waals surface area (Å²) in [5, 5.41) is 0.227. The normalized spacial score (nSPS) is 15.4. The monoisotopic (exact) mass is 476 g/mol. The average Bonchev–Trinajstić information content (AvgIpc) is 3.72. The molecule has 184 valence electrons. The quantitative estimate of drug-likeness (QED) is 0.158. The third-order valence-electron chi connectivity index (χ3n) is 6.80. The fourth-order valence-electron chi connectivity index (χ4n) is 4.24. The van der Waals surface area contributed by atoms with Crippen LogP contribution in [0.2, 0.25) is 5.02 Å². The van der Waals surface area contributed by atoms with Crippen LogP contribution in [0.15, 0.2) is 18.2 Å². The highest BCUT2D eigenvalue weighted by atomic mass is 35.5. The Morgan fingerprint density at radius 1 is 0.697 bits per heavy atom. The first kappa shape index (κ1) is 26.1. The van der Waals surface area contributed by atoms with Crippen LogP contribution in [0, 0.1) is 11.8 Å². The lowest BCUT2D eigenvalue weighted by Crippen LogP contribution is -2.10. The minimum absolute atomic E-state index is 0.227. The molecule has 3 rings (SSSR count). The van der Waals surface area contributed by atoms with Gasteiger partial charge < -0.3 is 9.47 Å². The molecular weight excluding hydrogens is 436 g/mol. The van der Waals surface area contributed by atoms with Crippen LogP contribution in [0.3, 0.4) is 0 Å². The maximum atomic E-state index is 12.3. The van der Waals surface area contributed by atoms with E-state index >= 15 is 0 Å². The van der Waals surface area contributed by atoms with Crippen molar-refractivity contribution >= 4 is 23.5 Å². The van der Waals surface area contributed by atoms with E-state index in [2.05, 4.69) is 0 Å². The molecule has 2 saturated carbocycles.